The van der Waals surface area contributed by atoms with E-state index in [1.807, 2.05) is 20.8 Å². The molecule has 0 aromatic carbocycles. The molecule has 0 unspecified atom stereocenters. The average Bonchev–Trinajstić information content (AvgIpc) is 3.09. The van der Waals surface area contributed by atoms with Gasteiger partial charge in [0.25, 0.3) is 0 Å². The lowest BCUT2D eigenvalue weighted by Gasteiger charge is -2.35. The van der Waals surface area contributed by atoms with Crippen molar-refractivity contribution >= 4 is 29.0 Å². The number of hydrogen-bond acceptors (Lipinski definition) is 4. The highest BCUT2D eigenvalue weighted by Gasteiger charge is 2.52. The molecular formula is C16H19ClN4O2. The van der Waals surface area contributed by atoms with E-state index in [-0.39, 0.29) is 11.5 Å². The first-order chi connectivity index (χ1) is 10.8. The molecule has 1 amide bonds. The van der Waals surface area contributed by atoms with Gasteiger partial charge in [0.1, 0.15) is 5.60 Å². The number of carbonyl (C=O) groups is 1. The molecule has 1 fully saturated rings. The molecule has 1 spiro atoms. The van der Waals surface area contributed by atoms with Crippen LogP contribution >= 0.6 is 11.6 Å². The second-order valence-corrected chi connectivity index (χ2v) is 7.78. The van der Waals surface area contributed by atoms with E-state index in [1.54, 1.807) is 21.7 Å². The van der Waals surface area contributed by atoms with Gasteiger partial charge < -0.3 is 4.74 Å². The van der Waals surface area contributed by atoms with Gasteiger partial charge in [0.15, 0.2) is 10.8 Å². The van der Waals surface area contributed by atoms with Crippen molar-refractivity contribution < 1.29 is 9.53 Å². The van der Waals surface area contributed by atoms with Crippen molar-refractivity contribution in [3.63, 3.8) is 0 Å². The molecule has 2 aliphatic rings. The van der Waals surface area contributed by atoms with Crippen molar-refractivity contribution in [1.82, 2.24) is 14.6 Å². The van der Waals surface area contributed by atoms with Gasteiger partial charge in [-0.25, -0.2) is 14.3 Å². The number of ether oxygens (including phenoxy) is 1. The molecule has 0 saturated heterocycles. The summed E-state index contributed by atoms with van der Waals surface area (Å²) in [6, 6.07) is 1.74. The van der Waals surface area contributed by atoms with Crippen LogP contribution in [-0.4, -0.2) is 32.8 Å². The molecule has 6 nitrogen and oxygen atoms in total. The molecule has 3 heterocycles. The van der Waals surface area contributed by atoms with Gasteiger partial charge in [-0.1, -0.05) is 11.6 Å². The van der Waals surface area contributed by atoms with E-state index in [1.165, 1.54) is 0 Å². The van der Waals surface area contributed by atoms with Gasteiger partial charge in [0.05, 0.1) is 17.6 Å². The van der Waals surface area contributed by atoms with Crippen LogP contribution in [0.25, 0.3) is 5.65 Å². The van der Waals surface area contributed by atoms with E-state index in [4.69, 9.17) is 16.3 Å². The molecule has 0 bridgehead atoms. The van der Waals surface area contributed by atoms with Gasteiger partial charge in [-0.3, -0.25) is 4.90 Å². The van der Waals surface area contributed by atoms with Crippen molar-refractivity contribution in [1.29, 1.82) is 0 Å². The summed E-state index contributed by atoms with van der Waals surface area (Å²) < 4.78 is 7.34. The number of amides is 1. The van der Waals surface area contributed by atoms with E-state index in [9.17, 15) is 4.79 Å². The second kappa shape index (κ2) is 4.60. The predicted octanol–water partition coefficient (Wildman–Crippen LogP) is 3.56. The molecule has 0 atom stereocenters. The minimum atomic E-state index is -0.529. The summed E-state index contributed by atoms with van der Waals surface area (Å²) in [7, 11) is 0. The summed E-state index contributed by atoms with van der Waals surface area (Å²) in [4.78, 5) is 18.6. The lowest BCUT2D eigenvalue weighted by Crippen LogP contribution is -2.43. The molecule has 2 aromatic rings. The van der Waals surface area contributed by atoms with Crippen LogP contribution in [0.1, 0.15) is 45.7 Å². The minimum absolute atomic E-state index is 0.102. The zero-order valence-corrected chi connectivity index (χ0v) is 14.2. The highest BCUT2D eigenvalue weighted by molar-refractivity contribution is 6.29. The lowest BCUT2D eigenvalue weighted by atomic mass is 9.92. The van der Waals surface area contributed by atoms with E-state index in [0.717, 1.165) is 30.6 Å². The summed E-state index contributed by atoms with van der Waals surface area (Å²) in [5.41, 5.74) is 2.11. The van der Waals surface area contributed by atoms with Crippen LogP contribution in [0.4, 0.5) is 10.5 Å². The van der Waals surface area contributed by atoms with E-state index in [2.05, 4.69) is 10.1 Å². The smallest absolute Gasteiger partial charge is 0.414 e. The fraction of sp³-hybridized carbons (Fsp3) is 0.562. The SMILES string of the molecule is CC(C)(C)OC(=O)N1CCC2(CC2)c2c1cnc1cc(Cl)nn21. The standard InChI is InChI=1S/C16H19ClN4O2/c1-15(2,3)23-14(22)20-7-6-16(4-5-16)13-10(20)9-18-12-8-11(17)19-21(12)13/h8-9H,4-7H2,1-3H3. The largest absolute Gasteiger partial charge is 0.443 e. The van der Waals surface area contributed by atoms with Gasteiger partial charge in [-0.2, -0.15) is 5.10 Å². The summed E-state index contributed by atoms with van der Waals surface area (Å²) in [6.07, 6.45) is 4.53. The van der Waals surface area contributed by atoms with Gasteiger partial charge in [-0.15, -0.1) is 0 Å². The van der Waals surface area contributed by atoms with Crippen molar-refractivity contribution in [2.45, 2.75) is 51.0 Å². The molecule has 7 heteroatoms. The molecule has 0 radical (unpaired) electrons. The third-order valence-corrected chi connectivity index (χ3v) is 4.69. The normalized spacial score (nSPS) is 19.0. The number of carbonyl (C=O) groups excluding carboxylic acids is 1. The Morgan fingerprint density at radius 2 is 2.09 bits per heavy atom. The molecule has 122 valence electrons. The van der Waals surface area contributed by atoms with Crippen molar-refractivity contribution in [2.24, 2.45) is 0 Å². The zero-order valence-electron chi connectivity index (χ0n) is 13.5. The van der Waals surface area contributed by atoms with Gasteiger partial charge in [0, 0.05) is 18.0 Å². The maximum Gasteiger partial charge on any atom is 0.414 e. The first-order valence-electron chi connectivity index (χ1n) is 7.84. The number of rotatable bonds is 0. The molecule has 1 aliphatic carbocycles. The summed E-state index contributed by atoms with van der Waals surface area (Å²) in [6.45, 7) is 6.25. The van der Waals surface area contributed by atoms with Crippen LogP contribution in [0.2, 0.25) is 5.15 Å². The van der Waals surface area contributed by atoms with Crippen LogP contribution in [0.5, 0.6) is 0 Å². The van der Waals surface area contributed by atoms with E-state index < -0.39 is 5.60 Å². The quantitative estimate of drug-likeness (QED) is 0.739. The van der Waals surface area contributed by atoms with Crippen molar-refractivity contribution in [3.8, 4) is 0 Å². The zero-order chi connectivity index (χ0) is 16.4. The Hall–Kier alpha value is -1.82. The Bertz CT molecular complexity index is 804. The first kappa shape index (κ1) is 14.8. The Morgan fingerprint density at radius 1 is 1.35 bits per heavy atom. The minimum Gasteiger partial charge on any atom is -0.443 e. The molecule has 23 heavy (non-hydrogen) atoms. The Labute approximate surface area is 139 Å². The highest BCUT2D eigenvalue weighted by atomic mass is 35.5. The fourth-order valence-corrected chi connectivity index (χ4v) is 3.47. The Morgan fingerprint density at radius 3 is 2.74 bits per heavy atom. The highest BCUT2D eigenvalue weighted by Crippen LogP contribution is 2.56. The average molecular weight is 335 g/mol. The first-order valence-corrected chi connectivity index (χ1v) is 8.22. The summed E-state index contributed by atoms with van der Waals surface area (Å²) in [5.74, 6) is 0. The molecule has 4 rings (SSSR count). The topological polar surface area (TPSA) is 59.7 Å². The van der Waals surface area contributed by atoms with Crippen LogP contribution < -0.4 is 4.90 Å². The van der Waals surface area contributed by atoms with E-state index in [0.29, 0.717) is 17.3 Å². The maximum atomic E-state index is 12.6. The number of nitrogens with zero attached hydrogens (tertiary/aromatic N) is 4. The third-order valence-electron chi connectivity index (χ3n) is 4.51. The van der Waals surface area contributed by atoms with Crippen molar-refractivity contribution in [2.75, 3.05) is 11.4 Å². The van der Waals surface area contributed by atoms with Crippen LogP contribution in [-0.2, 0) is 10.2 Å². The Kier molecular flexibility index (Phi) is 2.95. The molecular weight excluding hydrogens is 316 g/mol. The monoisotopic (exact) mass is 334 g/mol. The second-order valence-electron chi connectivity index (χ2n) is 7.39. The van der Waals surface area contributed by atoms with Crippen LogP contribution in [0.3, 0.4) is 0 Å². The fourth-order valence-electron chi connectivity index (χ4n) is 3.30. The Balaban J connectivity index is 1.83. The molecule has 2 aromatic heterocycles. The summed E-state index contributed by atoms with van der Waals surface area (Å²) in [5, 5.41) is 4.78. The number of aromatic nitrogens is 3. The van der Waals surface area contributed by atoms with Gasteiger partial charge >= 0.3 is 6.09 Å². The molecule has 1 aliphatic heterocycles. The third kappa shape index (κ3) is 2.36. The lowest BCUT2D eigenvalue weighted by molar-refractivity contribution is 0.0575. The van der Waals surface area contributed by atoms with Crippen molar-refractivity contribution in [3.05, 3.63) is 23.1 Å². The molecule has 1 saturated carbocycles. The van der Waals surface area contributed by atoms with Crippen LogP contribution in [0, 0.1) is 0 Å². The van der Waals surface area contributed by atoms with E-state index >= 15 is 0 Å². The summed E-state index contributed by atoms with van der Waals surface area (Å²) >= 11 is 6.05. The van der Waals surface area contributed by atoms with Crippen LogP contribution in [0.15, 0.2) is 12.3 Å². The predicted molar refractivity (Wildman–Crippen MR) is 87.1 cm³/mol. The number of fused-ring (bicyclic) bond motifs is 4. The number of halogens is 1. The number of anilines is 1. The van der Waals surface area contributed by atoms with Gasteiger partial charge in [-0.05, 0) is 40.0 Å². The maximum absolute atomic E-state index is 12.6. The number of hydrogen-bond donors (Lipinski definition) is 0. The molecule has 0 N–H and O–H groups in total. The van der Waals surface area contributed by atoms with Gasteiger partial charge in [0.2, 0.25) is 0 Å².